The molecule has 0 saturated heterocycles. The van der Waals surface area contributed by atoms with Gasteiger partial charge < -0.3 is 15.6 Å². The lowest BCUT2D eigenvalue weighted by Crippen LogP contribution is -2.40. The number of aliphatic hydroxyl groups excluding tert-OH is 1. The first-order valence-electron chi connectivity index (χ1n) is 5.41. The molecular weight excluding hydrogens is 180 g/mol. The number of nitrogens with two attached hydrogens (primary N) is 1. The van der Waals surface area contributed by atoms with Gasteiger partial charge >= 0.3 is 0 Å². The minimum atomic E-state index is -0.456. The number of aliphatic hydroxyl groups is 1. The van der Waals surface area contributed by atoms with E-state index in [-0.39, 0.29) is 6.17 Å². The van der Waals surface area contributed by atoms with Gasteiger partial charge in [0.1, 0.15) is 0 Å². The molecule has 0 fully saturated rings. The fourth-order valence-electron chi connectivity index (χ4n) is 1.05. The van der Waals surface area contributed by atoms with E-state index in [1.54, 1.807) is 0 Å². The van der Waals surface area contributed by atoms with Gasteiger partial charge in [-0.3, -0.25) is 5.32 Å². The molecule has 2 unspecified atom stereocenters. The predicted molar refractivity (Wildman–Crippen MR) is 58.0 cm³/mol. The molecular formula is C10H24N2O2. The molecule has 0 heterocycles. The van der Waals surface area contributed by atoms with Crippen LogP contribution in [0.1, 0.15) is 33.1 Å². The average molecular weight is 204 g/mol. The number of hydrogen-bond donors (Lipinski definition) is 3. The van der Waals surface area contributed by atoms with Crippen LogP contribution in [0.15, 0.2) is 0 Å². The van der Waals surface area contributed by atoms with E-state index >= 15 is 0 Å². The van der Waals surface area contributed by atoms with Crippen LogP contribution in [0.2, 0.25) is 0 Å². The van der Waals surface area contributed by atoms with E-state index in [1.807, 2.05) is 6.92 Å². The van der Waals surface area contributed by atoms with Crippen LogP contribution in [-0.2, 0) is 4.74 Å². The molecule has 86 valence electrons. The molecule has 14 heavy (non-hydrogen) atoms. The molecule has 0 aliphatic rings. The lowest BCUT2D eigenvalue weighted by Gasteiger charge is -2.14. The zero-order valence-corrected chi connectivity index (χ0v) is 9.33. The Morgan fingerprint density at radius 3 is 2.71 bits per heavy atom. The van der Waals surface area contributed by atoms with E-state index in [1.165, 1.54) is 12.8 Å². The quantitative estimate of drug-likeness (QED) is 0.377. The fourth-order valence-corrected chi connectivity index (χ4v) is 1.05. The number of nitrogens with one attached hydrogen (secondary N) is 1. The van der Waals surface area contributed by atoms with Crippen LogP contribution in [0, 0.1) is 0 Å². The third-order valence-electron chi connectivity index (χ3n) is 1.88. The fraction of sp³-hybridized carbons (Fsp3) is 1.00. The van der Waals surface area contributed by atoms with Crippen LogP contribution < -0.4 is 11.1 Å². The molecule has 0 aliphatic carbocycles. The van der Waals surface area contributed by atoms with Gasteiger partial charge in [-0.1, -0.05) is 19.8 Å². The molecule has 0 bridgehead atoms. The molecule has 0 amide bonds. The Labute approximate surface area is 86.8 Å². The van der Waals surface area contributed by atoms with Crippen LogP contribution in [0.4, 0.5) is 0 Å². The SMILES string of the molecule is CCCCCOCC(O)CNC(C)N. The van der Waals surface area contributed by atoms with E-state index in [2.05, 4.69) is 12.2 Å². The highest BCUT2D eigenvalue weighted by Gasteiger charge is 2.04. The van der Waals surface area contributed by atoms with Gasteiger partial charge in [-0.25, -0.2) is 0 Å². The van der Waals surface area contributed by atoms with Crippen LogP contribution in [0.25, 0.3) is 0 Å². The molecule has 0 aromatic heterocycles. The molecule has 0 radical (unpaired) electrons. The van der Waals surface area contributed by atoms with E-state index in [0.29, 0.717) is 13.2 Å². The highest BCUT2D eigenvalue weighted by molar-refractivity contribution is 4.60. The second kappa shape index (κ2) is 9.40. The van der Waals surface area contributed by atoms with Crippen molar-refractivity contribution in [1.29, 1.82) is 0 Å². The second-order valence-corrected chi connectivity index (χ2v) is 3.63. The maximum absolute atomic E-state index is 9.41. The Balaban J connectivity index is 3.14. The van der Waals surface area contributed by atoms with Crippen LogP contribution in [0.3, 0.4) is 0 Å². The summed E-state index contributed by atoms with van der Waals surface area (Å²) in [5, 5.41) is 12.4. The summed E-state index contributed by atoms with van der Waals surface area (Å²) in [4.78, 5) is 0. The summed E-state index contributed by atoms with van der Waals surface area (Å²) < 4.78 is 5.30. The summed E-state index contributed by atoms with van der Waals surface area (Å²) in [7, 11) is 0. The Morgan fingerprint density at radius 1 is 1.43 bits per heavy atom. The molecule has 0 spiro atoms. The number of hydrogen-bond acceptors (Lipinski definition) is 4. The minimum Gasteiger partial charge on any atom is -0.389 e. The number of rotatable bonds is 9. The van der Waals surface area contributed by atoms with E-state index in [0.717, 1.165) is 13.0 Å². The van der Waals surface area contributed by atoms with Gasteiger partial charge in [0.25, 0.3) is 0 Å². The van der Waals surface area contributed by atoms with Crippen molar-refractivity contribution in [3.8, 4) is 0 Å². The monoisotopic (exact) mass is 204 g/mol. The predicted octanol–water partition coefficient (Wildman–Crippen LogP) is 0.448. The zero-order chi connectivity index (χ0) is 10.8. The molecule has 4 nitrogen and oxygen atoms in total. The average Bonchev–Trinajstić information content (AvgIpc) is 2.14. The lowest BCUT2D eigenvalue weighted by atomic mass is 10.3. The molecule has 0 aliphatic heterocycles. The Hall–Kier alpha value is -0.160. The molecule has 2 atom stereocenters. The third-order valence-corrected chi connectivity index (χ3v) is 1.88. The van der Waals surface area contributed by atoms with Crippen molar-refractivity contribution in [2.45, 2.75) is 45.4 Å². The van der Waals surface area contributed by atoms with Gasteiger partial charge in [-0.2, -0.15) is 0 Å². The van der Waals surface area contributed by atoms with Crippen molar-refractivity contribution >= 4 is 0 Å². The van der Waals surface area contributed by atoms with Crippen molar-refractivity contribution in [3.05, 3.63) is 0 Å². The summed E-state index contributed by atoms with van der Waals surface area (Å²) in [6.07, 6.45) is 2.92. The summed E-state index contributed by atoms with van der Waals surface area (Å²) >= 11 is 0. The normalized spacial score (nSPS) is 15.4. The van der Waals surface area contributed by atoms with Gasteiger partial charge in [-0.15, -0.1) is 0 Å². The number of ether oxygens (including phenoxy) is 1. The van der Waals surface area contributed by atoms with Gasteiger partial charge in [-0.05, 0) is 13.3 Å². The van der Waals surface area contributed by atoms with Gasteiger partial charge in [0.15, 0.2) is 0 Å². The Morgan fingerprint density at radius 2 is 2.14 bits per heavy atom. The summed E-state index contributed by atoms with van der Waals surface area (Å²) in [6.45, 7) is 5.62. The van der Waals surface area contributed by atoms with Crippen molar-refractivity contribution in [3.63, 3.8) is 0 Å². The standard InChI is InChI=1S/C10H24N2O2/c1-3-4-5-6-14-8-10(13)7-12-9(2)11/h9-10,12-13H,3-8,11H2,1-2H3. The van der Waals surface area contributed by atoms with E-state index in [4.69, 9.17) is 10.5 Å². The van der Waals surface area contributed by atoms with Gasteiger partial charge in [0, 0.05) is 13.2 Å². The molecule has 0 rings (SSSR count). The highest BCUT2D eigenvalue weighted by atomic mass is 16.5. The molecule has 0 saturated carbocycles. The maximum atomic E-state index is 9.41. The van der Waals surface area contributed by atoms with Crippen molar-refractivity contribution < 1.29 is 9.84 Å². The number of unbranched alkanes of at least 4 members (excludes halogenated alkanes) is 2. The topological polar surface area (TPSA) is 67.5 Å². The van der Waals surface area contributed by atoms with Gasteiger partial charge in [0.2, 0.25) is 0 Å². The Kier molecular flexibility index (Phi) is 9.29. The third kappa shape index (κ3) is 9.92. The largest absolute Gasteiger partial charge is 0.389 e. The molecule has 4 N–H and O–H groups in total. The second-order valence-electron chi connectivity index (χ2n) is 3.63. The summed E-state index contributed by atoms with van der Waals surface area (Å²) in [5.41, 5.74) is 5.47. The van der Waals surface area contributed by atoms with E-state index < -0.39 is 6.10 Å². The van der Waals surface area contributed by atoms with E-state index in [9.17, 15) is 5.11 Å². The highest BCUT2D eigenvalue weighted by Crippen LogP contribution is 1.94. The first-order valence-corrected chi connectivity index (χ1v) is 5.41. The van der Waals surface area contributed by atoms with Crippen molar-refractivity contribution in [2.75, 3.05) is 19.8 Å². The zero-order valence-electron chi connectivity index (χ0n) is 9.33. The van der Waals surface area contributed by atoms with Crippen LogP contribution in [-0.4, -0.2) is 37.1 Å². The summed E-state index contributed by atoms with van der Waals surface area (Å²) in [5.74, 6) is 0. The smallest absolute Gasteiger partial charge is 0.0898 e. The lowest BCUT2D eigenvalue weighted by molar-refractivity contribution is 0.0345. The first kappa shape index (κ1) is 13.8. The van der Waals surface area contributed by atoms with Crippen LogP contribution in [0.5, 0.6) is 0 Å². The van der Waals surface area contributed by atoms with Gasteiger partial charge in [0.05, 0.1) is 18.9 Å². The van der Waals surface area contributed by atoms with Crippen molar-refractivity contribution in [1.82, 2.24) is 5.32 Å². The Bertz CT molecular complexity index is 121. The maximum Gasteiger partial charge on any atom is 0.0898 e. The molecule has 0 aromatic carbocycles. The molecule has 4 heteroatoms. The van der Waals surface area contributed by atoms with Crippen LogP contribution >= 0.6 is 0 Å². The molecule has 0 aromatic rings. The first-order chi connectivity index (χ1) is 6.66. The van der Waals surface area contributed by atoms with Crippen molar-refractivity contribution in [2.24, 2.45) is 5.73 Å². The summed E-state index contributed by atoms with van der Waals surface area (Å²) in [6, 6.07) is 0. The minimum absolute atomic E-state index is 0.0789.